The standard InChI is InChI=1S/C20H28N8O/c1-4-15-18(29)26-16-13(2)25-19(27-17(16)28(15)3)24-10-14(8-21)9-23-12-20(11-22)6-5-7-20/h8-9,15H,4-7,10,12,21H2,1-3H3,(H,26,29)(H,24,25,27)/b14-8+,23-9?/t15-/m0/s1. The monoisotopic (exact) mass is 396 g/mol. The number of hydrogen-bond donors (Lipinski definition) is 3. The molecule has 2 heterocycles. The number of nitrogens with one attached hydrogen (secondary N) is 2. The number of anilines is 3. The summed E-state index contributed by atoms with van der Waals surface area (Å²) in [5.41, 5.74) is 7.55. The largest absolute Gasteiger partial charge is 0.404 e. The predicted molar refractivity (Wildman–Crippen MR) is 114 cm³/mol. The molecular weight excluding hydrogens is 368 g/mol. The molecule has 1 amide bonds. The highest BCUT2D eigenvalue weighted by atomic mass is 16.2. The second-order valence-electron chi connectivity index (χ2n) is 7.67. The van der Waals surface area contributed by atoms with Gasteiger partial charge in [-0.1, -0.05) is 13.3 Å². The van der Waals surface area contributed by atoms with Crippen molar-refractivity contribution in [1.82, 2.24) is 9.97 Å². The molecule has 0 aromatic carbocycles. The maximum absolute atomic E-state index is 12.2. The van der Waals surface area contributed by atoms with Gasteiger partial charge in [-0.2, -0.15) is 10.2 Å². The summed E-state index contributed by atoms with van der Waals surface area (Å²) in [5.74, 6) is 1.11. The Morgan fingerprint density at radius 3 is 2.86 bits per heavy atom. The second kappa shape index (κ2) is 8.47. The van der Waals surface area contributed by atoms with E-state index >= 15 is 0 Å². The van der Waals surface area contributed by atoms with Crippen LogP contribution in [0.2, 0.25) is 0 Å². The molecule has 154 valence electrons. The molecule has 1 atom stereocenters. The van der Waals surface area contributed by atoms with E-state index in [1.165, 1.54) is 6.20 Å². The Morgan fingerprint density at radius 1 is 1.52 bits per heavy atom. The van der Waals surface area contributed by atoms with E-state index in [9.17, 15) is 10.1 Å². The van der Waals surface area contributed by atoms with Gasteiger partial charge in [0.25, 0.3) is 0 Å². The van der Waals surface area contributed by atoms with E-state index in [1.54, 1.807) is 6.21 Å². The first kappa shape index (κ1) is 20.6. The summed E-state index contributed by atoms with van der Waals surface area (Å²) in [5, 5.41) is 15.4. The Balaban J connectivity index is 1.67. The zero-order chi connectivity index (χ0) is 21.0. The average molecular weight is 396 g/mol. The first-order chi connectivity index (χ1) is 13.9. The van der Waals surface area contributed by atoms with E-state index in [0.717, 1.165) is 24.8 Å². The summed E-state index contributed by atoms with van der Waals surface area (Å²) in [4.78, 5) is 27.6. The highest BCUT2D eigenvalue weighted by Gasteiger charge is 2.36. The smallest absolute Gasteiger partial charge is 0.247 e. The zero-order valence-corrected chi connectivity index (χ0v) is 17.2. The van der Waals surface area contributed by atoms with Crippen molar-refractivity contribution in [1.29, 1.82) is 5.26 Å². The summed E-state index contributed by atoms with van der Waals surface area (Å²) < 4.78 is 0. The third kappa shape index (κ3) is 4.16. The molecule has 1 aromatic heterocycles. The maximum atomic E-state index is 12.2. The second-order valence-corrected chi connectivity index (χ2v) is 7.67. The summed E-state index contributed by atoms with van der Waals surface area (Å²) in [6, 6.07) is 2.13. The van der Waals surface area contributed by atoms with Gasteiger partial charge in [-0.15, -0.1) is 0 Å². The van der Waals surface area contributed by atoms with E-state index in [1.807, 2.05) is 25.8 Å². The van der Waals surface area contributed by atoms with Crippen LogP contribution in [-0.2, 0) is 4.79 Å². The van der Waals surface area contributed by atoms with Crippen LogP contribution in [-0.4, -0.2) is 48.3 Å². The third-order valence-electron chi connectivity index (χ3n) is 5.67. The molecule has 0 spiro atoms. The van der Waals surface area contributed by atoms with Crippen LogP contribution >= 0.6 is 0 Å². The molecular formula is C20H28N8O. The Kier molecular flexibility index (Phi) is 6.01. The fourth-order valence-electron chi connectivity index (χ4n) is 3.60. The highest BCUT2D eigenvalue weighted by Crippen LogP contribution is 2.40. The van der Waals surface area contributed by atoms with Gasteiger partial charge in [0.2, 0.25) is 11.9 Å². The van der Waals surface area contributed by atoms with E-state index in [4.69, 9.17) is 5.73 Å². The number of nitrogens with zero attached hydrogens (tertiary/aromatic N) is 5. The predicted octanol–water partition coefficient (Wildman–Crippen LogP) is 1.97. The summed E-state index contributed by atoms with van der Waals surface area (Å²) in [7, 11) is 1.87. The molecule has 9 heteroatoms. The molecule has 3 rings (SSSR count). The summed E-state index contributed by atoms with van der Waals surface area (Å²) in [6.45, 7) is 4.72. The van der Waals surface area contributed by atoms with Gasteiger partial charge in [0.05, 0.1) is 23.7 Å². The SMILES string of the molecule is CC[C@H]1C(=O)Nc2c(C)nc(NC/C(C=NCC3(C#N)CCC3)=C/N)nc2N1C. The number of hydrogen-bond acceptors (Lipinski definition) is 8. The van der Waals surface area contributed by atoms with Crippen LogP contribution in [0, 0.1) is 23.7 Å². The fourth-order valence-corrected chi connectivity index (χ4v) is 3.60. The molecule has 9 nitrogen and oxygen atoms in total. The van der Waals surface area contributed by atoms with Gasteiger partial charge >= 0.3 is 0 Å². The molecule has 29 heavy (non-hydrogen) atoms. The molecule has 1 aromatic rings. The molecule has 1 aliphatic carbocycles. The van der Waals surface area contributed by atoms with Gasteiger partial charge in [-0.3, -0.25) is 9.79 Å². The minimum atomic E-state index is -0.298. The number of aromatic nitrogens is 2. The molecule has 1 aliphatic heterocycles. The highest BCUT2D eigenvalue weighted by molar-refractivity contribution is 6.03. The molecule has 1 fully saturated rings. The van der Waals surface area contributed by atoms with E-state index < -0.39 is 0 Å². The van der Waals surface area contributed by atoms with Gasteiger partial charge in [0, 0.05) is 31.6 Å². The fraction of sp³-hybridized carbons (Fsp3) is 0.550. The average Bonchev–Trinajstić information content (AvgIpc) is 2.67. The molecule has 0 radical (unpaired) electrons. The van der Waals surface area contributed by atoms with Gasteiger partial charge in [0.1, 0.15) is 11.7 Å². The van der Waals surface area contributed by atoms with Gasteiger partial charge in [0.15, 0.2) is 5.82 Å². The Morgan fingerprint density at radius 2 is 2.28 bits per heavy atom. The zero-order valence-electron chi connectivity index (χ0n) is 17.2. The number of amides is 1. The summed E-state index contributed by atoms with van der Waals surface area (Å²) >= 11 is 0. The topological polar surface area (TPSA) is 132 Å². The minimum Gasteiger partial charge on any atom is -0.404 e. The summed E-state index contributed by atoms with van der Waals surface area (Å²) in [6.07, 6.45) is 6.79. The molecule has 4 N–H and O–H groups in total. The van der Waals surface area contributed by atoms with Crippen molar-refractivity contribution in [2.45, 2.75) is 45.6 Å². The van der Waals surface area contributed by atoms with Crippen molar-refractivity contribution in [2.75, 3.05) is 35.7 Å². The van der Waals surface area contributed by atoms with Crippen molar-refractivity contribution in [3.05, 3.63) is 17.5 Å². The van der Waals surface area contributed by atoms with Crippen molar-refractivity contribution in [3.8, 4) is 6.07 Å². The van der Waals surface area contributed by atoms with Gasteiger partial charge in [-0.25, -0.2) is 4.98 Å². The quantitative estimate of drug-likeness (QED) is 0.600. The van der Waals surface area contributed by atoms with E-state index in [-0.39, 0.29) is 17.4 Å². The first-order valence-corrected chi connectivity index (χ1v) is 9.91. The number of aryl methyl sites for hydroxylation is 1. The number of carbonyl (C=O) groups is 1. The lowest BCUT2D eigenvalue weighted by Gasteiger charge is -2.34. The Bertz CT molecular complexity index is 881. The maximum Gasteiger partial charge on any atom is 0.247 e. The van der Waals surface area contributed by atoms with Gasteiger partial charge < -0.3 is 21.3 Å². The minimum absolute atomic E-state index is 0.0407. The van der Waals surface area contributed by atoms with Crippen LogP contribution in [0.3, 0.4) is 0 Å². The Hall–Kier alpha value is -3.15. The van der Waals surface area contributed by atoms with Crippen molar-refractivity contribution in [3.63, 3.8) is 0 Å². The number of nitriles is 1. The number of carbonyl (C=O) groups excluding carboxylic acids is 1. The van der Waals surface area contributed by atoms with Crippen molar-refractivity contribution < 1.29 is 4.79 Å². The lowest BCUT2D eigenvalue weighted by atomic mass is 9.70. The van der Waals surface area contributed by atoms with Crippen molar-refractivity contribution >= 4 is 29.6 Å². The van der Waals surface area contributed by atoms with Gasteiger partial charge in [-0.05, 0) is 26.2 Å². The van der Waals surface area contributed by atoms with Crippen LogP contribution in [0.15, 0.2) is 16.8 Å². The van der Waals surface area contributed by atoms with Crippen LogP contribution in [0.4, 0.5) is 17.5 Å². The van der Waals surface area contributed by atoms with Crippen LogP contribution in [0.1, 0.15) is 38.3 Å². The molecule has 0 bridgehead atoms. The molecule has 1 saturated carbocycles. The third-order valence-corrected chi connectivity index (χ3v) is 5.67. The number of likely N-dealkylation sites (N-methyl/N-ethyl adjacent to an activating group) is 1. The number of aliphatic imine (C=N–C) groups is 1. The first-order valence-electron chi connectivity index (χ1n) is 9.91. The number of fused-ring (bicyclic) bond motifs is 1. The lowest BCUT2D eigenvalue weighted by molar-refractivity contribution is -0.117. The Labute approximate surface area is 171 Å². The molecule has 0 saturated heterocycles. The van der Waals surface area contributed by atoms with Crippen LogP contribution in [0.5, 0.6) is 0 Å². The molecule has 0 unspecified atom stereocenters. The number of rotatable bonds is 7. The van der Waals surface area contributed by atoms with Crippen molar-refractivity contribution in [2.24, 2.45) is 16.1 Å². The van der Waals surface area contributed by atoms with Crippen LogP contribution in [0.25, 0.3) is 0 Å². The number of nitrogens with two attached hydrogens (primary N) is 1. The van der Waals surface area contributed by atoms with E-state index in [0.29, 0.717) is 42.7 Å². The van der Waals surface area contributed by atoms with E-state index in [2.05, 4.69) is 31.7 Å². The normalized spacial score (nSPS) is 20.6. The lowest BCUT2D eigenvalue weighted by Crippen LogP contribution is -2.46. The van der Waals surface area contributed by atoms with Crippen LogP contribution < -0.4 is 21.3 Å². The molecule has 2 aliphatic rings.